The molecule has 18 heavy (non-hydrogen) atoms. The minimum atomic E-state index is -0.914. The maximum atomic E-state index is 12.0. The van der Waals surface area contributed by atoms with Crippen LogP contribution in [0.4, 0.5) is 0 Å². The first-order chi connectivity index (χ1) is 8.56. The Bertz CT molecular complexity index is 327. The van der Waals surface area contributed by atoms with Gasteiger partial charge < -0.3 is 15.5 Å². The van der Waals surface area contributed by atoms with Crippen LogP contribution in [0.1, 0.15) is 26.2 Å². The molecule has 0 aromatic carbocycles. The second-order valence-corrected chi connectivity index (χ2v) is 4.86. The van der Waals surface area contributed by atoms with Gasteiger partial charge in [0.25, 0.3) is 0 Å². The molecule has 102 valence electrons. The van der Waals surface area contributed by atoms with E-state index in [1.165, 1.54) is 0 Å². The average Bonchev–Trinajstić information content (AvgIpc) is 2.36. The molecule has 0 radical (unpaired) electrons. The number of hydrogen-bond donors (Lipinski definition) is 3. The number of carbonyl (C=O) groups is 2. The highest BCUT2D eigenvalue weighted by Gasteiger charge is 2.33. The van der Waals surface area contributed by atoms with E-state index in [4.69, 9.17) is 10.2 Å². The topological polar surface area (TPSA) is 86.6 Å². The Hall–Kier alpha value is -1.36. The highest BCUT2D eigenvalue weighted by Crippen LogP contribution is 2.26. The number of carboxylic acids is 1. The molecule has 0 heterocycles. The molecule has 1 aliphatic carbocycles. The SMILES string of the molecule is CC(CCO)CNC(=O)C1CC=CCC1C(=O)O. The molecule has 0 saturated heterocycles. The van der Waals surface area contributed by atoms with E-state index < -0.39 is 17.8 Å². The molecule has 3 unspecified atom stereocenters. The summed E-state index contributed by atoms with van der Waals surface area (Å²) in [5, 5.41) is 20.6. The number of aliphatic carboxylic acids is 1. The van der Waals surface area contributed by atoms with Gasteiger partial charge in [0.2, 0.25) is 5.91 Å². The zero-order valence-electron chi connectivity index (χ0n) is 10.6. The molecule has 0 spiro atoms. The molecule has 3 atom stereocenters. The number of carbonyl (C=O) groups excluding carboxylic acids is 1. The molecule has 1 rings (SSSR count). The van der Waals surface area contributed by atoms with Gasteiger partial charge in [-0.2, -0.15) is 0 Å². The van der Waals surface area contributed by atoms with Gasteiger partial charge in [0.15, 0.2) is 0 Å². The zero-order valence-corrected chi connectivity index (χ0v) is 10.6. The number of nitrogens with one attached hydrogen (secondary N) is 1. The van der Waals surface area contributed by atoms with Gasteiger partial charge >= 0.3 is 5.97 Å². The van der Waals surface area contributed by atoms with Crippen molar-refractivity contribution in [1.29, 1.82) is 0 Å². The van der Waals surface area contributed by atoms with Crippen molar-refractivity contribution < 1.29 is 19.8 Å². The van der Waals surface area contributed by atoms with Crippen LogP contribution in [0.25, 0.3) is 0 Å². The molecule has 0 aromatic heterocycles. The molecule has 1 amide bonds. The van der Waals surface area contributed by atoms with E-state index in [-0.39, 0.29) is 18.4 Å². The Morgan fingerprint density at radius 2 is 1.94 bits per heavy atom. The van der Waals surface area contributed by atoms with Crippen molar-refractivity contribution in [3.8, 4) is 0 Å². The largest absolute Gasteiger partial charge is 0.481 e. The predicted octanol–water partition coefficient (Wildman–Crippen LogP) is 0.788. The van der Waals surface area contributed by atoms with E-state index in [0.29, 0.717) is 25.8 Å². The Labute approximate surface area is 107 Å². The van der Waals surface area contributed by atoms with E-state index in [1.54, 1.807) is 0 Å². The molecule has 5 heteroatoms. The fourth-order valence-corrected chi connectivity index (χ4v) is 2.11. The Balaban J connectivity index is 2.49. The van der Waals surface area contributed by atoms with Crippen LogP contribution in [0.5, 0.6) is 0 Å². The van der Waals surface area contributed by atoms with Gasteiger partial charge in [0.1, 0.15) is 0 Å². The fourth-order valence-electron chi connectivity index (χ4n) is 2.11. The van der Waals surface area contributed by atoms with Crippen LogP contribution in [0.3, 0.4) is 0 Å². The summed E-state index contributed by atoms with van der Waals surface area (Å²) in [4.78, 5) is 23.0. The summed E-state index contributed by atoms with van der Waals surface area (Å²) in [7, 11) is 0. The van der Waals surface area contributed by atoms with Gasteiger partial charge in [-0.25, -0.2) is 0 Å². The van der Waals surface area contributed by atoms with Crippen LogP contribution in [0.15, 0.2) is 12.2 Å². The summed E-state index contributed by atoms with van der Waals surface area (Å²) in [6, 6.07) is 0. The van der Waals surface area contributed by atoms with Crippen molar-refractivity contribution >= 4 is 11.9 Å². The quantitative estimate of drug-likeness (QED) is 0.612. The van der Waals surface area contributed by atoms with Crippen molar-refractivity contribution in [1.82, 2.24) is 5.32 Å². The first-order valence-corrected chi connectivity index (χ1v) is 6.32. The van der Waals surface area contributed by atoms with Crippen LogP contribution >= 0.6 is 0 Å². The maximum Gasteiger partial charge on any atom is 0.307 e. The molecular formula is C13H21NO4. The number of amides is 1. The lowest BCUT2D eigenvalue weighted by atomic mass is 9.82. The molecule has 5 nitrogen and oxygen atoms in total. The number of aliphatic hydroxyl groups is 1. The zero-order chi connectivity index (χ0) is 13.5. The van der Waals surface area contributed by atoms with E-state index >= 15 is 0 Å². The van der Waals surface area contributed by atoms with Gasteiger partial charge in [-0.3, -0.25) is 9.59 Å². The van der Waals surface area contributed by atoms with E-state index in [9.17, 15) is 9.59 Å². The monoisotopic (exact) mass is 255 g/mol. The molecule has 0 bridgehead atoms. The second kappa shape index (κ2) is 7.16. The minimum Gasteiger partial charge on any atom is -0.481 e. The normalized spacial score (nSPS) is 24.6. The Morgan fingerprint density at radius 1 is 1.33 bits per heavy atom. The lowest BCUT2D eigenvalue weighted by Crippen LogP contribution is -2.40. The first-order valence-electron chi connectivity index (χ1n) is 6.32. The van der Waals surface area contributed by atoms with Gasteiger partial charge in [0.05, 0.1) is 11.8 Å². The number of hydrogen-bond acceptors (Lipinski definition) is 3. The van der Waals surface area contributed by atoms with Crippen molar-refractivity contribution in [2.45, 2.75) is 26.2 Å². The summed E-state index contributed by atoms with van der Waals surface area (Å²) >= 11 is 0. The lowest BCUT2D eigenvalue weighted by Gasteiger charge is -2.24. The van der Waals surface area contributed by atoms with E-state index in [0.717, 1.165) is 0 Å². The van der Waals surface area contributed by atoms with Crippen molar-refractivity contribution in [3.63, 3.8) is 0 Å². The summed E-state index contributed by atoms with van der Waals surface area (Å²) in [6.45, 7) is 2.51. The molecule has 0 aromatic rings. The molecular weight excluding hydrogens is 234 g/mol. The lowest BCUT2D eigenvalue weighted by molar-refractivity contribution is -0.147. The van der Waals surface area contributed by atoms with Crippen LogP contribution < -0.4 is 5.32 Å². The second-order valence-electron chi connectivity index (χ2n) is 4.86. The summed E-state index contributed by atoms with van der Waals surface area (Å²) in [5.41, 5.74) is 0. The predicted molar refractivity (Wildman–Crippen MR) is 66.9 cm³/mol. The third-order valence-electron chi connectivity index (χ3n) is 3.33. The highest BCUT2D eigenvalue weighted by atomic mass is 16.4. The van der Waals surface area contributed by atoms with Gasteiger partial charge in [-0.05, 0) is 25.2 Å². The smallest absolute Gasteiger partial charge is 0.307 e. The molecule has 0 saturated carbocycles. The van der Waals surface area contributed by atoms with Gasteiger partial charge in [-0.15, -0.1) is 0 Å². The van der Waals surface area contributed by atoms with Crippen LogP contribution in [0.2, 0.25) is 0 Å². The number of rotatable bonds is 6. The van der Waals surface area contributed by atoms with Crippen LogP contribution in [-0.4, -0.2) is 35.2 Å². The number of aliphatic hydroxyl groups excluding tert-OH is 1. The summed E-state index contributed by atoms with van der Waals surface area (Å²) in [6.07, 6.45) is 5.21. The van der Waals surface area contributed by atoms with Crippen LogP contribution in [-0.2, 0) is 9.59 Å². The summed E-state index contributed by atoms with van der Waals surface area (Å²) < 4.78 is 0. The van der Waals surface area contributed by atoms with Crippen molar-refractivity contribution in [3.05, 3.63) is 12.2 Å². The molecule has 3 N–H and O–H groups in total. The van der Waals surface area contributed by atoms with Gasteiger partial charge in [0, 0.05) is 13.2 Å². The molecule has 0 fully saturated rings. The van der Waals surface area contributed by atoms with Gasteiger partial charge in [-0.1, -0.05) is 19.1 Å². The third kappa shape index (κ3) is 4.14. The number of allylic oxidation sites excluding steroid dienone is 2. The van der Waals surface area contributed by atoms with Crippen molar-refractivity contribution in [2.75, 3.05) is 13.2 Å². The Kier molecular flexibility index (Phi) is 5.85. The van der Waals surface area contributed by atoms with Crippen molar-refractivity contribution in [2.24, 2.45) is 17.8 Å². The number of carboxylic acid groups (broad SMARTS) is 1. The molecule has 0 aliphatic heterocycles. The van der Waals surface area contributed by atoms with E-state index in [1.807, 2.05) is 19.1 Å². The van der Waals surface area contributed by atoms with Crippen LogP contribution in [0, 0.1) is 17.8 Å². The summed E-state index contributed by atoms with van der Waals surface area (Å²) in [5.74, 6) is -2.02. The standard InChI is InChI=1S/C13H21NO4/c1-9(6-7-15)8-14-12(16)10-4-2-3-5-11(10)13(17)18/h2-3,9-11,15H,4-8H2,1H3,(H,14,16)(H,17,18). The third-order valence-corrected chi connectivity index (χ3v) is 3.33. The molecule has 1 aliphatic rings. The average molecular weight is 255 g/mol. The fraction of sp³-hybridized carbons (Fsp3) is 0.692. The van der Waals surface area contributed by atoms with E-state index in [2.05, 4.69) is 5.32 Å². The Morgan fingerprint density at radius 3 is 2.50 bits per heavy atom. The maximum absolute atomic E-state index is 12.0. The first kappa shape index (κ1) is 14.7. The highest BCUT2D eigenvalue weighted by molar-refractivity contribution is 5.85. The minimum absolute atomic E-state index is 0.0982.